The van der Waals surface area contributed by atoms with E-state index in [0.717, 1.165) is 18.4 Å². The molecule has 1 aliphatic rings. The normalized spacial score (nSPS) is 17.6. The highest BCUT2D eigenvalue weighted by Crippen LogP contribution is 2.45. The first-order chi connectivity index (χ1) is 8.55. The number of aromatic nitrogens is 1. The van der Waals surface area contributed by atoms with Crippen LogP contribution in [-0.2, 0) is 16.4 Å². The number of rotatable bonds is 7. The highest BCUT2D eigenvalue weighted by Gasteiger charge is 2.42. The van der Waals surface area contributed by atoms with Crippen molar-refractivity contribution in [3.8, 4) is 0 Å². The van der Waals surface area contributed by atoms with Gasteiger partial charge in [-0.1, -0.05) is 0 Å². The summed E-state index contributed by atoms with van der Waals surface area (Å²) >= 11 is 5.82. The predicted molar refractivity (Wildman–Crippen MR) is 72.1 cm³/mol. The van der Waals surface area contributed by atoms with Crippen LogP contribution in [0.1, 0.15) is 18.4 Å². The molecule has 0 aliphatic heterocycles. The zero-order valence-electron chi connectivity index (χ0n) is 10.1. The van der Waals surface area contributed by atoms with Gasteiger partial charge < -0.3 is 0 Å². The maximum absolute atomic E-state index is 11.8. The highest BCUT2D eigenvalue weighted by atomic mass is 35.5. The highest BCUT2D eigenvalue weighted by molar-refractivity contribution is 7.89. The average Bonchev–Trinajstić information content (AvgIpc) is 3.17. The van der Waals surface area contributed by atoms with Gasteiger partial charge in [0.25, 0.3) is 0 Å². The van der Waals surface area contributed by atoms with E-state index in [1.807, 2.05) is 12.1 Å². The minimum absolute atomic E-state index is 0.0191. The van der Waals surface area contributed by atoms with Crippen LogP contribution in [0, 0.1) is 5.41 Å². The van der Waals surface area contributed by atoms with Gasteiger partial charge in [-0.15, -0.1) is 11.6 Å². The summed E-state index contributed by atoms with van der Waals surface area (Å²) in [6.07, 6.45) is 5.88. The molecule has 0 saturated heterocycles. The van der Waals surface area contributed by atoms with Gasteiger partial charge in [0.05, 0.1) is 5.75 Å². The summed E-state index contributed by atoms with van der Waals surface area (Å²) in [7, 11) is -3.21. The Labute approximate surface area is 113 Å². The summed E-state index contributed by atoms with van der Waals surface area (Å²) < 4.78 is 26.3. The Hall–Kier alpha value is -0.650. The second-order valence-electron chi connectivity index (χ2n) is 4.88. The molecule has 0 aromatic carbocycles. The number of sulfonamides is 1. The van der Waals surface area contributed by atoms with Crippen LogP contribution in [0.3, 0.4) is 0 Å². The molecule has 1 heterocycles. The third kappa shape index (κ3) is 3.93. The molecule has 0 bridgehead atoms. The molecule has 1 aromatic heterocycles. The molecule has 1 aromatic rings. The molecule has 18 heavy (non-hydrogen) atoms. The Morgan fingerprint density at radius 2 is 2.00 bits per heavy atom. The lowest BCUT2D eigenvalue weighted by Gasteiger charge is -2.12. The maximum Gasteiger partial charge on any atom is 0.211 e. The summed E-state index contributed by atoms with van der Waals surface area (Å²) in [4.78, 5) is 3.90. The summed E-state index contributed by atoms with van der Waals surface area (Å²) in [5.41, 5.74) is 1.000. The molecule has 100 valence electrons. The quantitative estimate of drug-likeness (QED) is 0.775. The molecule has 1 N–H and O–H groups in total. The first kappa shape index (κ1) is 13.8. The topological polar surface area (TPSA) is 59.1 Å². The molecule has 2 rings (SSSR count). The van der Waals surface area contributed by atoms with Crippen molar-refractivity contribution in [3.05, 3.63) is 30.1 Å². The molecule has 1 aliphatic carbocycles. The van der Waals surface area contributed by atoms with Gasteiger partial charge in [-0.3, -0.25) is 4.98 Å². The molecule has 0 unspecified atom stereocenters. The zero-order valence-corrected chi connectivity index (χ0v) is 11.7. The van der Waals surface area contributed by atoms with Gasteiger partial charge in [0.2, 0.25) is 10.0 Å². The van der Waals surface area contributed by atoms with E-state index in [-0.39, 0.29) is 11.2 Å². The maximum atomic E-state index is 11.8. The van der Waals surface area contributed by atoms with Gasteiger partial charge >= 0.3 is 0 Å². The lowest BCUT2D eigenvalue weighted by atomic mass is 10.1. The molecule has 0 radical (unpaired) electrons. The van der Waals surface area contributed by atoms with E-state index < -0.39 is 10.0 Å². The first-order valence-electron chi connectivity index (χ1n) is 5.98. The average molecular weight is 289 g/mol. The smallest absolute Gasteiger partial charge is 0.211 e. The van der Waals surface area contributed by atoms with Crippen molar-refractivity contribution in [1.29, 1.82) is 0 Å². The molecule has 0 atom stereocenters. The molecule has 6 heteroatoms. The van der Waals surface area contributed by atoms with Crippen molar-refractivity contribution >= 4 is 21.6 Å². The Kier molecular flexibility index (Phi) is 4.25. The van der Waals surface area contributed by atoms with Crippen LogP contribution in [0.2, 0.25) is 0 Å². The van der Waals surface area contributed by atoms with E-state index in [2.05, 4.69) is 9.71 Å². The van der Waals surface area contributed by atoms with E-state index in [4.69, 9.17) is 11.6 Å². The molecular weight excluding hydrogens is 272 g/mol. The summed E-state index contributed by atoms with van der Waals surface area (Å²) in [5.74, 6) is 0.634. The number of aryl methyl sites for hydroxylation is 1. The van der Waals surface area contributed by atoms with Gasteiger partial charge in [0, 0.05) is 24.8 Å². The second-order valence-corrected chi connectivity index (χ2v) is 7.07. The van der Waals surface area contributed by atoms with Crippen LogP contribution in [0.25, 0.3) is 0 Å². The minimum Gasteiger partial charge on any atom is -0.265 e. The predicted octanol–water partition coefficient (Wildman–Crippen LogP) is 1.56. The van der Waals surface area contributed by atoms with Gasteiger partial charge in [-0.05, 0) is 42.4 Å². The Morgan fingerprint density at radius 3 is 2.56 bits per heavy atom. The number of pyridine rings is 1. The molecule has 1 saturated carbocycles. The largest absolute Gasteiger partial charge is 0.265 e. The fourth-order valence-electron chi connectivity index (χ4n) is 1.67. The van der Waals surface area contributed by atoms with Crippen molar-refractivity contribution in [2.24, 2.45) is 5.41 Å². The number of alkyl halides is 1. The Balaban J connectivity index is 1.81. The van der Waals surface area contributed by atoms with Crippen LogP contribution < -0.4 is 4.72 Å². The van der Waals surface area contributed by atoms with Crippen molar-refractivity contribution in [2.75, 3.05) is 18.2 Å². The summed E-state index contributed by atoms with van der Waals surface area (Å²) in [6, 6.07) is 3.66. The Morgan fingerprint density at radius 1 is 1.33 bits per heavy atom. The van der Waals surface area contributed by atoms with Gasteiger partial charge in [0.15, 0.2) is 0 Å². The third-order valence-corrected chi connectivity index (χ3v) is 5.21. The summed E-state index contributed by atoms with van der Waals surface area (Å²) in [5, 5.41) is 0. The van der Waals surface area contributed by atoms with Crippen LogP contribution in [-0.4, -0.2) is 31.6 Å². The molecule has 0 amide bonds. The van der Waals surface area contributed by atoms with E-state index in [0.29, 0.717) is 18.8 Å². The number of halogens is 1. The van der Waals surface area contributed by atoms with Crippen LogP contribution in [0.5, 0.6) is 0 Å². The standard InChI is InChI=1S/C12H17ClN2O2S/c13-9-12(4-5-12)10-15-18(16,17)8-3-11-1-6-14-7-2-11/h1-2,6-7,15H,3-5,8-10H2. The van der Waals surface area contributed by atoms with Crippen LogP contribution in [0.15, 0.2) is 24.5 Å². The Bertz CT molecular complexity index is 486. The SMILES string of the molecule is O=S(=O)(CCc1ccncc1)NCC1(CCl)CC1. The fourth-order valence-corrected chi connectivity index (χ4v) is 3.21. The molecule has 4 nitrogen and oxygen atoms in total. The molecule has 0 spiro atoms. The van der Waals surface area contributed by atoms with E-state index in [1.54, 1.807) is 12.4 Å². The van der Waals surface area contributed by atoms with E-state index in [1.165, 1.54) is 0 Å². The zero-order chi connectivity index (χ0) is 13.1. The fraction of sp³-hybridized carbons (Fsp3) is 0.583. The number of nitrogens with one attached hydrogen (secondary N) is 1. The van der Waals surface area contributed by atoms with Crippen molar-refractivity contribution < 1.29 is 8.42 Å². The minimum atomic E-state index is -3.21. The van der Waals surface area contributed by atoms with E-state index in [9.17, 15) is 8.42 Å². The second kappa shape index (κ2) is 5.55. The number of hydrogen-bond donors (Lipinski definition) is 1. The van der Waals surface area contributed by atoms with Crippen LogP contribution >= 0.6 is 11.6 Å². The van der Waals surface area contributed by atoms with Gasteiger partial charge in [0.1, 0.15) is 0 Å². The van der Waals surface area contributed by atoms with Crippen molar-refractivity contribution in [2.45, 2.75) is 19.3 Å². The lowest BCUT2D eigenvalue weighted by molar-refractivity contribution is 0.534. The number of hydrogen-bond acceptors (Lipinski definition) is 3. The van der Waals surface area contributed by atoms with Crippen LogP contribution in [0.4, 0.5) is 0 Å². The lowest BCUT2D eigenvalue weighted by Crippen LogP contribution is -2.33. The number of nitrogens with zero attached hydrogens (tertiary/aromatic N) is 1. The van der Waals surface area contributed by atoms with Gasteiger partial charge in [-0.2, -0.15) is 0 Å². The van der Waals surface area contributed by atoms with Crippen molar-refractivity contribution in [3.63, 3.8) is 0 Å². The molecular formula is C12H17ClN2O2S. The van der Waals surface area contributed by atoms with Crippen molar-refractivity contribution in [1.82, 2.24) is 9.71 Å². The molecule has 1 fully saturated rings. The monoisotopic (exact) mass is 288 g/mol. The summed E-state index contributed by atoms with van der Waals surface area (Å²) in [6.45, 7) is 0.467. The van der Waals surface area contributed by atoms with Gasteiger partial charge in [-0.25, -0.2) is 13.1 Å². The third-order valence-electron chi connectivity index (χ3n) is 3.32. The first-order valence-corrected chi connectivity index (χ1v) is 8.16. The van der Waals surface area contributed by atoms with E-state index >= 15 is 0 Å².